The van der Waals surface area contributed by atoms with Crippen LogP contribution in [0.3, 0.4) is 0 Å². The number of para-hydroxylation sites is 1. The van der Waals surface area contributed by atoms with Crippen LogP contribution < -0.4 is 9.62 Å². The molecule has 0 aliphatic carbocycles. The minimum Gasteiger partial charge on any atom is -0.357 e. The fraction of sp³-hybridized carbons (Fsp3) is 0.364. The standard InChI is InChI=1S/C22H28BrN3O4S/c1-5-19(22(28)24-3)25(14-17-11-7-6-10-16(17)2)21(27)15-26(31(4,29)30)20-13-9-8-12-18(20)23/h6-13,19H,5,14-15H2,1-4H3,(H,24,28)/t19-/m1/s1. The fourth-order valence-corrected chi connectivity index (χ4v) is 4.78. The Hall–Kier alpha value is -2.39. The van der Waals surface area contributed by atoms with Gasteiger partial charge in [0, 0.05) is 18.1 Å². The number of hydrogen-bond donors (Lipinski definition) is 1. The van der Waals surface area contributed by atoms with Crippen LogP contribution in [-0.4, -0.2) is 51.0 Å². The number of carbonyl (C=O) groups excluding carboxylic acids is 2. The molecule has 1 atom stereocenters. The highest BCUT2D eigenvalue weighted by Gasteiger charge is 2.31. The van der Waals surface area contributed by atoms with E-state index >= 15 is 0 Å². The van der Waals surface area contributed by atoms with Gasteiger partial charge in [0.25, 0.3) is 0 Å². The van der Waals surface area contributed by atoms with Crippen LogP contribution in [0.25, 0.3) is 0 Å². The van der Waals surface area contributed by atoms with Gasteiger partial charge in [0.2, 0.25) is 21.8 Å². The van der Waals surface area contributed by atoms with Crippen molar-refractivity contribution in [1.82, 2.24) is 10.2 Å². The van der Waals surface area contributed by atoms with Crippen molar-refractivity contribution in [1.29, 1.82) is 0 Å². The van der Waals surface area contributed by atoms with E-state index in [1.54, 1.807) is 24.3 Å². The molecule has 0 aliphatic heterocycles. The summed E-state index contributed by atoms with van der Waals surface area (Å²) in [6.07, 6.45) is 1.45. The van der Waals surface area contributed by atoms with Crippen LogP contribution in [0.2, 0.25) is 0 Å². The summed E-state index contributed by atoms with van der Waals surface area (Å²) in [5, 5.41) is 2.60. The molecule has 0 heterocycles. The van der Waals surface area contributed by atoms with E-state index in [1.807, 2.05) is 38.1 Å². The Kier molecular flexibility index (Phi) is 8.64. The minimum absolute atomic E-state index is 0.199. The molecule has 0 saturated carbocycles. The fourth-order valence-electron chi connectivity index (χ4n) is 3.31. The van der Waals surface area contributed by atoms with Crippen molar-refractivity contribution in [2.24, 2.45) is 0 Å². The van der Waals surface area contributed by atoms with Gasteiger partial charge in [0.05, 0.1) is 11.9 Å². The predicted octanol–water partition coefficient (Wildman–Crippen LogP) is 3.08. The normalized spacial score (nSPS) is 12.2. The Labute approximate surface area is 192 Å². The first-order valence-corrected chi connectivity index (χ1v) is 12.5. The SMILES string of the molecule is CC[C@H](C(=O)NC)N(Cc1ccccc1C)C(=O)CN(c1ccccc1Br)S(C)(=O)=O. The van der Waals surface area contributed by atoms with Gasteiger partial charge in [-0.3, -0.25) is 13.9 Å². The molecule has 0 saturated heterocycles. The molecule has 2 amide bonds. The average Bonchev–Trinajstić information content (AvgIpc) is 2.72. The van der Waals surface area contributed by atoms with Gasteiger partial charge in [-0.1, -0.05) is 43.3 Å². The molecule has 0 unspecified atom stereocenters. The summed E-state index contributed by atoms with van der Waals surface area (Å²) in [5.74, 6) is -0.754. The summed E-state index contributed by atoms with van der Waals surface area (Å²) in [7, 11) is -2.23. The first-order chi connectivity index (χ1) is 14.6. The van der Waals surface area contributed by atoms with E-state index in [0.717, 1.165) is 21.7 Å². The average molecular weight is 510 g/mol. The molecule has 1 N–H and O–H groups in total. The first kappa shape index (κ1) is 24.9. The topological polar surface area (TPSA) is 86.8 Å². The van der Waals surface area contributed by atoms with Gasteiger partial charge in [0.15, 0.2) is 0 Å². The van der Waals surface area contributed by atoms with Crippen molar-refractivity contribution in [2.75, 3.05) is 24.2 Å². The van der Waals surface area contributed by atoms with Crippen molar-refractivity contribution in [3.05, 3.63) is 64.1 Å². The summed E-state index contributed by atoms with van der Waals surface area (Å²) < 4.78 is 26.7. The molecule has 0 bridgehead atoms. The lowest BCUT2D eigenvalue weighted by Gasteiger charge is -2.33. The highest BCUT2D eigenvalue weighted by molar-refractivity contribution is 9.10. The van der Waals surface area contributed by atoms with Crippen LogP contribution >= 0.6 is 15.9 Å². The van der Waals surface area contributed by atoms with Gasteiger partial charge in [0.1, 0.15) is 12.6 Å². The summed E-state index contributed by atoms with van der Waals surface area (Å²) >= 11 is 3.36. The van der Waals surface area contributed by atoms with Crippen molar-refractivity contribution in [2.45, 2.75) is 32.9 Å². The molecule has 0 spiro atoms. The van der Waals surface area contributed by atoms with E-state index < -0.39 is 28.5 Å². The van der Waals surface area contributed by atoms with Crippen LogP contribution in [0.5, 0.6) is 0 Å². The zero-order valence-corrected chi connectivity index (χ0v) is 20.5. The minimum atomic E-state index is -3.75. The van der Waals surface area contributed by atoms with E-state index in [0.29, 0.717) is 16.6 Å². The highest BCUT2D eigenvalue weighted by atomic mass is 79.9. The second-order valence-corrected chi connectivity index (χ2v) is 9.97. The molecule has 0 radical (unpaired) electrons. The number of amides is 2. The van der Waals surface area contributed by atoms with Crippen LogP contribution in [0.1, 0.15) is 24.5 Å². The number of rotatable bonds is 9. The van der Waals surface area contributed by atoms with Gasteiger partial charge in [-0.25, -0.2) is 8.42 Å². The Morgan fingerprint density at radius 1 is 1.10 bits per heavy atom. The maximum absolute atomic E-state index is 13.4. The van der Waals surface area contributed by atoms with E-state index in [1.165, 1.54) is 11.9 Å². The number of carbonyl (C=O) groups is 2. The van der Waals surface area contributed by atoms with Crippen LogP contribution in [-0.2, 0) is 26.2 Å². The highest BCUT2D eigenvalue weighted by Crippen LogP contribution is 2.28. The Morgan fingerprint density at radius 3 is 2.26 bits per heavy atom. The molecule has 2 rings (SSSR count). The zero-order chi connectivity index (χ0) is 23.2. The maximum Gasteiger partial charge on any atom is 0.244 e. The number of sulfonamides is 1. The monoisotopic (exact) mass is 509 g/mol. The molecule has 7 nitrogen and oxygen atoms in total. The summed E-state index contributed by atoms with van der Waals surface area (Å²) in [6.45, 7) is 3.54. The van der Waals surface area contributed by atoms with E-state index in [-0.39, 0.29) is 12.5 Å². The number of aryl methyl sites for hydroxylation is 1. The molecule has 9 heteroatoms. The lowest BCUT2D eigenvalue weighted by atomic mass is 10.1. The second kappa shape index (κ2) is 10.8. The van der Waals surface area contributed by atoms with E-state index in [2.05, 4.69) is 21.2 Å². The number of anilines is 1. The molecular formula is C22H28BrN3O4S. The van der Waals surface area contributed by atoms with E-state index in [4.69, 9.17) is 0 Å². The molecule has 0 aromatic heterocycles. The van der Waals surface area contributed by atoms with Crippen molar-refractivity contribution in [3.8, 4) is 0 Å². The quantitative estimate of drug-likeness (QED) is 0.562. The number of benzene rings is 2. The lowest BCUT2D eigenvalue weighted by Crippen LogP contribution is -2.51. The number of halogens is 1. The third-order valence-electron chi connectivity index (χ3n) is 5.03. The van der Waals surface area contributed by atoms with Gasteiger partial charge in [-0.2, -0.15) is 0 Å². The summed E-state index contributed by atoms with van der Waals surface area (Å²) in [5.41, 5.74) is 2.24. The molecule has 0 fully saturated rings. The number of nitrogens with zero attached hydrogens (tertiary/aromatic N) is 2. The van der Waals surface area contributed by atoms with Crippen molar-refractivity contribution in [3.63, 3.8) is 0 Å². The second-order valence-electron chi connectivity index (χ2n) is 7.21. The smallest absolute Gasteiger partial charge is 0.244 e. The maximum atomic E-state index is 13.4. The molecule has 168 valence electrons. The molecule has 2 aromatic carbocycles. The van der Waals surface area contributed by atoms with Crippen molar-refractivity contribution >= 4 is 43.5 Å². The van der Waals surface area contributed by atoms with Gasteiger partial charge in [-0.15, -0.1) is 0 Å². The first-order valence-electron chi connectivity index (χ1n) is 9.88. The number of nitrogens with one attached hydrogen (secondary N) is 1. The molecule has 0 aliphatic rings. The Morgan fingerprint density at radius 2 is 1.71 bits per heavy atom. The molecular weight excluding hydrogens is 482 g/mol. The Balaban J connectivity index is 2.46. The zero-order valence-electron chi connectivity index (χ0n) is 18.1. The van der Waals surface area contributed by atoms with Gasteiger partial charge >= 0.3 is 0 Å². The molecule has 31 heavy (non-hydrogen) atoms. The Bertz CT molecular complexity index is 1040. The third kappa shape index (κ3) is 6.30. The van der Waals surface area contributed by atoms with Gasteiger partial charge in [-0.05, 0) is 52.5 Å². The van der Waals surface area contributed by atoms with Crippen LogP contribution in [0.4, 0.5) is 5.69 Å². The number of likely N-dealkylation sites (N-methyl/N-ethyl adjacent to an activating group) is 1. The van der Waals surface area contributed by atoms with Crippen LogP contribution in [0.15, 0.2) is 53.0 Å². The largest absolute Gasteiger partial charge is 0.357 e. The number of hydrogen-bond acceptors (Lipinski definition) is 4. The predicted molar refractivity (Wildman–Crippen MR) is 126 cm³/mol. The van der Waals surface area contributed by atoms with E-state index in [9.17, 15) is 18.0 Å². The third-order valence-corrected chi connectivity index (χ3v) is 6.83. The lowest BCUT2D eigenvalue weighted by molar-refractivity contribution is -0.140. The van der Waals surface area contributed by atoms with Gasteiger partial charge < -0.3 is 10.2 Å². The summed E-state index contributed by atoms with van der Waals surface area (Å²) in [4.78, 5) is 27.4. The van der Waals surface area contributed by atoms with Crippen LogP contribution in [0, 0.1) is 6.92 Å². The van der Waals surface area contributed by atoms with Crippen molar-refractivity contribution < 1.29 is 18.0 Å². The molecule has 2 aromatic rings. The summed E-state index contributed by atoms with van der Waals surface area (Å²) in [6, 6.07) is 13.7.